The SMILES string of the molecule is Cc1cccc(NC(=O)CSc2nnc(-c3ccccn3)n2-c2ccc(Cl)cc2)c1. The Balaban J connectivity index is 1.59. The van der Waals surface area contributed by atoms with E-state index in [4.69, 9.17) is 11.6 Å². The second-order valence-corrected chi connectivity index (χ2v) is 7.92. The number of nitrogens with zero attached hydrogens (tertiary/aromatic N) is 4. The van der Waals surface area contributed by atoms with Crippen molar-refractivity contribution in [2.45, 2.75) is 12.1 Å². The van der Waals surface area contributed by atoms with Crippen molar-refractivity contribution in [2.24, 2.45) is 0 Å². The Labute approximate surface area is 183 Å². The molecule has 0 unspecified atom stereocenters. The molecule has 0 fully saturated rings. The van der Waals surface area contributed by atoms with Gasteiger partial charge in [0.1, 0.15) is 5.69 Å². The molecule has 0 aliphatic heterocycles. The number of thioether (sulfide) groups is 1. The highest BCUT2D eigenvalue weighted by Gasteiger charge is 2.18. The van der Waals surface area contributed by atoms with Crippen molar-refractivity contribution < 1.29 is 4.79 Å². The highest BCUT2D eigenvalue weighted by molar-refractivity contribution is 7.99. The first-order valence-corrected chi connectivity index (χ1v) is 10.6. The van der Waals surface area contributed by atoms with Gasteiger partial charge in [0.15, 0.2) is 11.0 Å². The van der Waals surface area contributed by atoms with Gasteiger partial charge in [-0.1, -0.05) is 41.6 Å². The van der Waals surface area contributed by atoms with Crippen molar-refractivity contribution in [2.75, 3.05) is 11.1 Å². The zero-order valence-electron chi connectivity index (χ0n) is 16.1. The minimum absolute atomic E-state index is 0.115. The van der Waals surface area contributed by atoms with E-state index in [9.17, 15) is 4.79 Å². The molecule has 0 radical (unpaired) electrons. The van der Waals surface area contributed by atoms with Crippen molar-refractivity contribution in [3.8, 4) is 17.2 Å². The normalized spacial score (nSPS) is 10.7. The first-order valence-electron chi connectivity index (χ1n) is 9.22. The smallest absolute Gasteiger partial charge is 0.234 e. The van der Waals surface area contributed by atoms with E-state index in [1.54, 1.807) is 18.3 Å². The van der Waals surface area contributed by atoms with Gasteiger partial charge in [0.2, 0.25) is 5.91 Å². The van der Waals surface area contributed by atoms with E-state index in [0.717, 1.165) is 16.9 Å². The molecule has 1 amide bonds. The number of aromatic nitrogens is 4. The van der Waals surface area contributed by atoms with E-state index in [0.29, 0.717) is 21.7 Å². The highest BCUT2D eigenvalue weighted by atomic mass is 35.5. The summed E-state index contributed by atoms with van der Waals surface area (Å²) in [7, 11) is 0. The Hall–Kier alpha value is -3.16. The van der Waals surface area contributed by atoms with E-state index in [1.807, 2.05) is 66.1 Å². The van der Waals surface area contributed by atoms with Gasteiger partial charge >= 0.3 is 0 Å². The molecule has 1 N–H and O–H groups in total. The third-order valence-electron chi connectivity index (χ3n) is 4.25. The lowest BCUT2D eigenvalue weighted by atomic mass is 10.2. The van der Waals surface area contributed by atoms with Crippen LogP contribution in [0.4, 0.5) is 5.69 Å². The first-order chi connectivity index (χ1) is 14.6. The van der Waals surface area contributed by atoms with Crippen molar-refractivity contribution in [1.82, 2.24) is 19.7 Å². The lowest BCUT2D eigenvalue weighted by molar-refractivity contribution is -0.113. The fraction of sp³-hybridized carbons (Fsp3) is 0.0909. The number of hydrogen-bond acceptors (Lipinski definition) is 5. The molecule has 2 aromatic heterocycles. The number of nitrogens with one attached hydrogen (secondary N) is 1. The highest BCUT2D eigenvalue weighted by Crippen LogP contribution is 2.27. The number of carbonyl (C=O) groups is 1. The second kappa shape index (κ2) is 9.11. The third kappa shape index (κ3) is 4.69. The molecule has 150 valence electrons. The molecule has 0 atom stereocenters. The number of aryl methyl sites for hydroxylation is 1. The van der Waals surface area contributed by atoms with Crippen LogP contribution in [0.3, 0.4) is 0 Å². The van der Waals surface area contributed by atoms with Crippen LogP contribution in [0.5, 0.6) is 0 Å². The Kier molecular flexibility index (Phi) is 6.11. The van der Waals surface area contributed by atoms with E-state index in [1.165, 1.54) is 11.8 Å². The van der Waals surface area contributed by atoms with Crippen LogP contribution >= 0.6 is 23.4 Å². The fourth-order valence-corrected chi connectivity index (χ4v) is 3.78. The van der Waals surface area contributed by atoms with Crippen molar-refractivity contribution in [1.29, 1.82) is 0 Å². The zero-order valence-corrected chi connectivity index (χ0v) is 17.7. The number of hydrogen-bond donors (Lipinski definition) is 1. The van der Waals surface area contributed by atoms with Crippen LogP contribution in [0.1, 0.15) is 5.56 Å². The van der Waals surface area contributed by atoms with Crippen LogP contribution in [-0.4, -0.2) is 31.4 Å². The average molecular weight is 436 g/mol. The van der Waals surface area contributed by atoms with Gasteiger partial charge in [0, 0.05) is 22.6 Å². The van der Waals surface area contributed by atoms with Crippen molar-refractivity contribution in [3.05, 3.63) is 83.5 Å². The lowest BCUT2D eigenvalue weighted by Gasteiger charge is -2.10. The molecule has 0 bridgehead atoms. The molecule has 30 heavy (non-hydrogen) atoms. The summed E-state index contributed by atoms with van der Waals surface area (Å²) in [6, 6.07) is 20.7. The summed E-state index contributed by atoms with van der Waals surface area (Å²) in [6.45, 7) is 1.98. The molecule has 0 spiro atoms. The summed E-state index contributed by atoms with van der Waals surface area (Å²) in [5, 5.41) is 12.8. The number of carbonyl (C=O) groups excluding carboxylic acids is 1. The summed E-state index contributed by atoms with van der Waals surface area (Å²) < 4.78 is 1.88. The van der Waals surface area contributed by atoms with Gasteiger partial charge in [-0.3, -0.25) is 14.3 Å². The average Bonchev–Trinajstić information content (AvgIpc) is 3.17. The van der Waals surface area contributed by atoms with Gasteiger partial charge in [0.05, 0.1) is 5.75 Å². The number of rotatable bonds is 6. The summed E-state index contributed by atoms with van der Waals surface area (Å²) in [4.78, 5) is 16.8. The molecular formula is C22H18ClN5OS. The third-order valence-corrected chi connectivity index (χ3v) is 5.43. The molecular weight excluding hydrogens is 418 g/mol. The van der Waals surface area contributed by atoms with Crippen LogP contribution in [0.25, 0.3) is 17.2 Å². The largest absolute Gasteiger partial charge is 0.325 e. The van der Waals surface area contributed by atoms with Crippen LogP contribution in [-0.2, 0) is 4.79 Å². The Morgan fingerprint density at radius 2 is 1.90 bits per heavy atom. The Bertz CT molecular complexity index is 1160. The molecule has 2 aromatic carbocycles. The monoisotopic (exact) mass is 435 g/mol. The summed E-state index contributed by atoms with van der Waals surface area (Å²) in [6.07, 6.45) is 1.71. The topological polar surface area (TPSA) is 72.7 Å². The van der Waals surface area contributed by atoms with Gasteiger partial charge in [-0.25, -0.2) is 0 Å². The summed E-state index contributed by atoms with van der Waals surface area (Å²) in [5.41, 5.74) is 3.39. The summed E-state index contributed by atoms with van der Waals surface area (Å²) >= 11 is 7.36. The summed E-state index contributed by atoms with van der Waals surface area (Å²) in [5.74, 6) is 0.678. The minimum atomic E-state index is -0.115. The number of halogens is 1. The van der Waals surface area contributed by atoms with Gasteiger partial charge in [-0.15, -0.1) is 10.2 Å². The number of amides is 1. The van der Waals surface area contributed by atoms with Crippen molar-refractivity contribution in [3.63, 3.8) is 0 Å². The fourth-order valence-electron chi connectivity index (χ4n) is 2.90. The van der Waals surface area contributed by atoms with Crippen LogP contribution < -0.4 is 5.32 Å². The zero-order chi connectivity index (χ0) is 20.9. The van der Waals surface area contributed by atoms with E-state index >= 15 is 0 Å². The number of pyridine rings is 1. The second-order valence-electron chi connectivity index (χ2n) is 6.54. The quantitative estimate of drug-likeness (QED) is 0.430. The molecule has 8 heteroatoms. The molecule has 4 rings (SSSR count). The van der Waals surface area contributed by atoms with E-state index in [-0.39, 0.29) is 11.7 Å². The maximum Gasteiger partial charge on any atom is 0.234 e. The van der Waals surface area contributed by atoms with Crippen LogP contribution in [0.15, 0.2) is 78.1 Å². The predicted octanol–water partition coefficient (Wildman–Crippen LogP) is 5.02. The van der Waals surface area contributed by atoms with E-state index < -0.39 is 0 Å². The molecule has 0 aliphatic carbocycles. The molecule has 0 aliphatic rings. The molecule has 4 aromatic rings. The number of anilines is 1. The molecule has 0 saturated carbocycles. The van der Waals surface area contributed by atoms with Crippen LogP contribution in [0.2, 0.25) is 5.02 Å². The molecule has 6 nitrogen and oxygen atoms in total. The first kappa shape index (κ1) is 20.1. The van der Waals surface area contributed by atoms with Gasteiger partial charge < -0.3 is 5.32 Å². The molecule has 0 saturated heterocycles. The number of benzene rings is 2. The van der Waals surface area contributed by atoms with Gasteiger partial charge in [-0.2, -0.15) is 0 Å². The molecule has 2 heterocycles. The van der Waals surface area contributed by atoms with Crippen LogP contribution in [0, 0.1) is 6.92 Å². The predicted molar refractivity (Wildman–Crippen MR) is 120 cm³/mol. The maximum absolute atomic E-state index is 12.4. The van der Waals surface area contributed by atoms with Crippen molar-refractivity contribution >= 4 is 35.0 Å². The Morgan fingerprint density at radius 1 is 1.07 bits per heavy atom. The maximum atomic E-state index is 12.4. The lowest BCUT2D eigenvalue weighted by Crippen LogP contribution is -2.14. The standard InChI is InChI=1S/C22H18ClN5OS/c1-15-5-4-6-17(13-15)25-20(29)14-30-22-27-26-21(19-7-2-3-12-24-19)28(22)18-10-8-16(23)9-11-18/h2-13H,14H2,1H3,(H,25,29). The van der Waals surface area contributed by atoms with Gasteiger partial charge in [-0.05, 0) is 61.0 Å². The minimum Gasteiger partial charge on any atom is -0.325 e. The van der Waals surface area contributed by atoms with Gasteiger partial charge in [0.25, 0.3) is 0 Å². The van der Waals surface area contributed by atoms with E-state index in [2.05, 4.69) is 20.5 Å². The Morgan fingerprint density at radius 3 is 2.63 bits per heavy atom.